The molecule has 0 unspecified atom stereocenters. The second-order valence-electron chi connectivity index (χ2n) is 4.07. The molecule has 4 nitrogen and oxygen atoms in total. The lowest BCUT2D eigenvalue weighted by atomic mass is 10.1. The van der Waals surface area contributed by atoms with Crippen molar-refractivity contribution in [3.8, 4) is 5.75 Å². The van der Waals surface area contributed by atoms with E-state index in [2.05, 4.69) is 4.98 Å². The summed E-state index contributed by atoms with van der Waals surface area (Å²) in [4.78, 5) is 15.8. The Morgan fingerprint density at radius 3 is 2.89 bits per heavy atom. The minimum absolute atomic E-state index is 0.155. The van der Waals surface area contributed by atoms with Crippen molar-refractivity contribution in [2.24, 2.45) is 0 Å². The molecule has 1 aliphatic heterocycles. The molecular weight excluding hydrogens is 237 g/mol. The van der Waals surface area contributed by atoms with Gasteiger partial charge in [-0.25, -0.2) is 9.18 Å². The van der Waals surface area contributed by atoms with E-state index in [-0.39, 0.29) is 29.9 Å². The van der Waals surface area contributed by atoms with Crippen LogP contribution in [0.2, 0.25) is 0 Å². The van der Waals surface area contributed by atoms with Crippen molar-refractivity contribution in [3.63, 3.8) is 0 Å². The van der Waals surface area contributed by atoms with Gasteiger partial charge in [-0.3, -0.25) is 4.98 Å². The fraction of sp³-hybridized carbons (Fsp3) is 0.231. The smallest absolute Gasteiger partial charge is 0.343 e. The van der Waals surface area contributed by atoms with Gasteiger partial charge in [-0.1, -0.05) is 6.07 Å². The van der Waals surface area contributed by atoms with Crippen molar-refractivity contribution >= 4 is 16.9 Å². The van der Waals surface area contributed by atoms with Crippen LogP contribution in [0.5, 0.6) is 5.75 Å². The average Bonchev–Trinajstić information content (AvgIpc) is 2.56. The Balaban J connectivity index is 2.41. The van der Waals surface area contributed by atoms with Gasteiger partial charge in [0.1, 0.15) is 30.3 Å². The predicted molar refractivity (Wildman–Crippen MR) is 62.2 cm³/mol. The first kappa shape index (κ1) is 11.0. The number of aromatic nitrogens is 1. The molecule has 0 radical (unpaired) electrons. The van der Waals surface area contributed by atoms with Crippen LogP contribution >= 0.6 is 0 Å². The van der Waals surface area contributed by atoms with Gasteiger partial charge in [0.2, 0.25) is 0 Å². The first-order chi connectivity index (χ1) is 8.68. The van der Waals surface area contributed by atoms with E-state index >= 15 is 0 Å². The van der Waals surface area contributed by atoms with Gasteiger partial charge >= 0.3 is 5.97 Å². The van der Waals surface area contributed by atoms with Crippen LogP contribution in [-0.2, 0) is 4.74 Å². The van der Waals surface area contributed by atoms with Crippen LogP contribution < -0.4 is 4.74 Å². The van der Waals surface area contributed by atoms with Gasteiger partial charge in [0.15, 0.2) is 0 Å². The summed E-state index contributed by atoms with van der Waals surface area (Å²) >= 11 is 0. The van der Waals surface area contributed by atoms with Gasteiger partial charge in [0.25, 0.3) is 0 Å². The van der Waals surface area contributed by atoms with Gasteiger partial charge in [0.05, 0.1) is 10.9 Å². The van der Waals surface area contributed by atoms with Crippen LogP contribution in [0.3, 0.4) is 0 Å². The number of hydrogen-bond acceptors (Lipinski definition) is 4. The van der Waals surface area contributed by atoms with Crippen molar-refractivity contribution < 1.29 is 18.7 Å². The molecule has 0 bridgehead atoms. The third kappa shape index (κ3) is 1.51. The fourth-order valence-corrected chi connectivity index (χ4v) is 2.03. The minimum Gasteiger partial charge on any atom is -0.488 e. The maximum Gasteiger partial charge on any atom is 0.343 e. The first-order valence-corrected chi connectivity index (χ1v) is 5.56. The van der Waals surface area contributed by atoms with Crippen LogP contribution in [0.25, 0.3) is 10.9 Å². The van der Waals surface area contributed by atoms with E-state index in [0.717, 1.165) is 5.56 Å². The molecule has 18 heavy (non-hydrogen) atoms. The lowest BCUT2D eigenvalue weighted by molar-refractivity contribution is 0.0492. The maximum atomic E-state index is 13.9. The predicted octanol–water partition coefficient (Wildman–Crippen LogP) is 2.23. The van der Waals surface area contributed by atoms with E-state index in [1.165, 1.54) is 12.3 Å². The molecule has 2 aromatic rings. The number of hydrogen-bond donors (Lipinski definition) is 0. The number of fused-ring (bicyclic) bond motifs is 3. The van der Waals surface area contributed by atoms with Gasteiger partial charge < -0.3 is 9.47 Å². The first-order valence-electron chi connectivity index (χ1n) is 5.56. The number of benzene rings is 1. The molecule has 0 N–H and O–H groups in total. The molecule has 0 saturated heterocycles. The molecule has 0 aliphatic carbocycles. The van der Waals surface area contributed by atoms with Gasteiger partial charge in [-0.2, -0.15) is 0 Å². The largest absolute Gasteiger partial charge is 0.488 e. The molecule has 5 heteroatoms. The number of ether oxygens (including phenoxy) is 2. The lowest BCUT2D eigenvalue weighted by Gasteiger charge is -2.10. The zero-order chi connectivity index (χ0) is 12.7. The molecule has 0 amide bonds. The number of cyclic esters (lactones) is 1. The lowest BCUT2D eigenvalue weighted by Crippen LogP contribution is -2.05. The maximum absolute atomic E-state index is 13.9. The van der Waals surface area contributed by atoms with E-state index in [4.69, 9.17) is 9.47 Å². The number of halogens is 1. The highest BCUT2D eigenvalue weighted by Gasteiger charge is 2.23. The second-order valence-corrected chi connectivity index (χ2v) is 4.07. The highest BCUT2D eigenvalue weighted by atomic mass is 19.1. The highest BCUT2D eigenvalue weighted by Crippen LogP contribution is 2.33. The van der Waals surface area contributed by atoms with Crippen LogP contribution in [0.15, 0.2) is 18.3 Å². The van der Waals surface area contributed by atoms with Crippen LogP contribution in [0.1, 0.15) is 15.9 Å². The van der Waals surface area contributed by atoms with Gasteiger partial charge in [-0.15, -0.1) is 0 Å². The molecule has 2 heterocycles. The summed E-state index contributed by atoms with van der Waals surface area (Å²) in [6.45, 7) is 2.20. The quantitative estimate of drug-likeness (QED) is 0.670. The van der Waals surface area contributed by atoms with Gasteiger partial charge in [0, 0.05) is 6.20 Å². The number of rotatable bonds is 0. The van der Waals surface area contributed by atoms with Crippen molar-refractivity contribution in [2.75, 3.05) is 13.2 Å². The fourth-order valence-electron chi connectivity index (χ4n) is 2.03. The summed E-state index contributed by atoms with van der Waals surface area (Å²) in [6.07, 6.45) is 1.37. The van der Waals surface area contributed by atoms with Crippen LogP contribution in [0, 0.1) is 12.7 Å². The molecule has 0 spiro atoms. The average molecular weight is 247 g/mol. The summed E-state index contributed by atoms with van der Waals surface area (Å²) < 4.78 is 24.3. The zero-order valence-electron chi connectivity index (χ0n) is 9.70. The molecular formula is C13H10FNO3. The van der Waals surface area contributed by atoms with Crippen LogP contribution in [0.4, 0.5) is 4.39 Å². The SMILES string of the molecule is Cc1ccc(F)c2c3c(cnc12)C(=O)OCCO3. The molecule has 1 aromatic carbocycles. The number of pyridine rings is 1. The Morgan fingerprint density at radius 1 is 1.28 bits per heavy atom. The van der Waals surface area contributed by atoms with Gasteiger partial charge in [-0.05, 0) is 18.6 Å². The normalized spacial score (nSPS) is 14.7. The summed E-state index contributed by atoms with van der Waals surface area (Å²) in [6, 6.07) is 2.99. The second kappa shape index (κ2) is 3.94. The molecule has 1 aromatic heterocycles. The van der Waals surface area contributed by atoms with E-state index in [9.17, 15) is 9.18 Å². The number of nitrogens with zero attached hydrogens (tertiary/aromatic N) is 1. The number of carbonyl (C=O) groups is 1. The number of carbonyl (C=O) groups excluding carboxylic acids is 1. The van der Waals surface area contributed by atoms with E-state index < -0.39 is 11.8 Å². The van der Waals surface area contributed by atoms with Crippen molar-refractivity contribution in [3.05, 3.63) is 35.3 Å². The Bertz CT molecular complexity index is 654. The highest BCUT2D eigenvalue weighted by molar-refractivity contribution is 6.00. The van der Waals surface area contributed by atoms with Crippen molar-refractivity contribution in [2.45, 2.75) is 6.92 Å². The summed E-state index contributed by atoms with van der Waals surface area (Å²) in [5.41, 5.74) is 1.50. The third-order valence-corrected chi connectivity index (χ3v) is 2.91. The monoisotopic (exact) mass is 247 g/mol. The number of aryl methyl sites for hydroxylation is 1. The topological polar surface area (TPSA) is 48.4 Å². The molecule has 0 atom stereocenters. The molecule has 0 saturated carbocycles. The molecule has 92 valence electrons. The molecule has 1 aliphatic rings. The molecule has 0 fully saturated rings. The third-order valence-electron chi connectivity index (χ3n) is 2.91. The number of esters is 1. The standard InChI is InChI=1S/C13H10FNO3/c1-7-2-3-9(14)10-11(7)15-6-8-12(10)17-4-5-18-13(8)16/h2-3,6H,4-5H2,1H3. The Kier molecular flexibility index (Phi) is 2.40. The van der Waals surface area contributed by atoms with E-state index in [1.807, 2.05) is 6.92 Å². The summed E-state index contributed by atoms with van der Waals surface area (Å²) in [5.74, 6) is -0.754. The van der Waals surface area contributed by atoms with E-state index in [1.54, 1.807) is 6.07 Å². The van der Waals surface area contributed by atoms with Crippen molar-refractivity contribution in [1.29, 1.82) is 0 Å². The van der Waals surface area contributed by atoms with Crippen LogP contribution in [-0.4, -0.2) is 24.2 Å². The summed E-state index contributed by atoms with van der Waals surface area (Å²) in [5, 5.41) is 0.242. The zero-order valence-corrected chi connectivity index (χ0v) is 9.70. The van der Waals surface area contributed by atoms with Crippen molar-refractivity contribution in [1.82, 2.24) is 4.98 Å². The Labute approximate surface area is 102 Å². The van der Waals surface area contributed by atoms with E-state index in [0.29, 0.717) is 5.52 Å². The summed E-state index contributed by atoms with van der Waals surface area (Å²) in [7, 11) is 0. The minimum atomic E-state index is -0.530. The Hall–Kier alpha value is -2.17. The molecule has 3 rings (SSSR count). The Morgan fingerprint density at radius 2 is 2.06 bits per heavy atom.